The van der Waals surface area contributed by atoms with Gasteiger partial charge in [0.1, 0.15) is 17.3 Å². The third-order valence-electron chi connectivity index (χ3n) is 6.07. The summed E-state index contributed by atoms with van der Waals surface area (Å²) in [4.78, 5) is 34.1. The summed E-state index contributed by atoms with van der Waals surface area (Å²) in [6.45, 7) is 0.135. The number of aliphatic hydroxyl groups excluding tert-OH is 1. The lowest BCUT2D eigenvalue weighted by Gasteiger charge is -2.26. The second kappa shape index (κ2) is 10.3. The van der Waals surface area contributed by atoms with Crippen molar-refractivity contribution in [3.05, 3.63) is 88.2 Å². The number of aromatic nitrogens is 1. The number of halogens is 1. The molecule has 0 bridgehead atoms. The first kappa shape index (κ1) is 25.1. The summed E-state index contributed by atoms with van der Waals surface area (Å²) < 4.78 is 10.7. The van der Waals surface area contributed by atoms with Gasteiger partial charge in [0.25, 0.3) is 11.7 Å². The monoisotopic (exact) mass is 507 g/mol. The van der Waals surface area contributed by atoms with Crippen molar-refractivity contribution < 1.29 is 24.2 Å². The van der Waals surface area contributed by atoms with E-state index in [1.165, 1.54) is 31.3 Å². The summed E-state index contributed by atoms with van der Waals surface area (Å²) in [6.07, 6.45) is 3.27. The van der Waals surface area contributed by atoms with E-state index in [-0.39, 0.29) is 40.0 Å². The van der Waals surface area contributed by atoms with Gasteiger partial charge in [-0.2, -0.15) is 0 Å². The van der Waals surface area contributed by atoms with Crippen LogP contribution in [0.1, 0.15) is 22.7 Å². The Balaban J connectivity index is 1.92. The van der Waals surface area contributed by atoms with Gasteiger partial charge in [-0.15, -0.1) is 0 Å². The van der Waals surface area contributed by atoms with Crippen LogP contribution in [0.5, 0.6) is 11.5 Å². The second-order valence-electron chi connectivity index (χ2n) is 8.46. The number of ether oxygens (including phenoxy) is 2. The highest BCUT2D eigenvalue weighted by atomic mass is 35.5. The first-order valence-corrected chi connectivity index (χ1v) is 11.5. The van der Waals surface area contributed by atoms with Gasteiger partial charge < -0.3 is 24.4 Å². The molecule has 1 amide bonds. The van der Waals surface area contributed by atoms with Crippen molar-refractivity contribution in [2.75, 3.05) is 33.2 Å². The van der Waals surface area contributed by atoms with Crippen molar-refractivity contribution in [1.29, 1.82) is 0 Å². The molecular formula is C27H26ClN3O5. The number of hydrogen-bond acceptors (Lipinski definition) is 7. The van der Waals surface area contributed by atoms with Gasteiger partial charge in [0.15, 0.2) is 0 Å². The third-order valence-corrected chi connectivity index (χ3v) is 6.37. The number of Topliss-reactive ketones (excluding diaryl/α,β-unsaturated/α-hetero) is 1. The van der Waals surface area contributed by atoms with E-state index in [0.717, 1.165) is 11.3 Å². The van der Waals surface area contributed by atoms with E-state index >= 15 is 0 Å². The molecule has 1 fully saturated rings. The summed E-state index contributed by atoms with van der Waals surface area (Å²) in [5.74, 6) is -1.37. The Morgan fingerprint density at radius 3 is 2.36 bits per heavy atom. The number of nitrogens with zero attached hydrogens (tertiary/aromatic N) is 3. The van der Waals surface area contributed by atoms with Crippen molar-refractivity contribution in [1.82, 2.24) is 9.88 Å². The zero-order valence-corrected chi connectivity index (χ0v) is 21.1. The van der Waals surface area contributed by atoms with E-state index in [0.29, 0.717) is 5.56 Å². The zero-order chi connectivity index (χ0) is 26.0. The van der Waals surface area contributed by atoms with Crippen molar-refractivity contribution in [2.45, 2.75) is 12.6 Å². The topological polar surface area (TPSA) is 92.2 Å². The summed E-state index contributed by atoms with van der Waals surface area (Å²) in [7, 11) is 6.71. The molecule has 2 aromatic carbocycles. The van der Waals surface area contributed by atoms with E-state index in [2.05, 4.69) is 4.98 Å². The summed E-state index contributed by atoms with van der Waals surface area (Å²) in [5, 5.41) is 11.7. The van der Waals surface area contributed by atoms with Gasteiger partial charge in [-0.1, -0.05) is 29.8 Å². The number of carbonyl (C=O) groups is 2. The molecule has 2 heterocycles. The van der Waals surface area contributed by atoms with Gasteiger partial charge >= 0.3 is 0 Å². The third kappa shape index (κ3) is 4.59. The average Bonchev–Trinajstić information content (AvgIpc) is 3.13. The molecule has 1 N–H and O–H groups in total. The van der Waals surface area contributed by atoms with E-state index in [1.54, 1.807) is 18.5 Å². The largest absolute Gasteiger partial charge is 0.507 e. The van der Waals surface area contributed by atoms with Crippen molar-refractivity contribution in [3.8, 4) is 11.5 Å². The van der Waals surface area contributed by atoms with Crippen LogP contribution in [0.25, 0.3) is 5.76 Å². The Morgan fingerprint density at radius 2 is 1.78 bits per heavy atom. The number of amides is 1. The molecule has 0 spiro atoms. The Hall–Kier alpha value is -4.04. The number of ketones is 1. The smallest absolute Gasteiger partial charge is 0.295 e. The molecule has 4 rings (SSSR count). The van der Waals surface area contributed by atoms with E-state index in [1.807, 2.05) is 49.3 Å². The maximum Gasteiger partial charge on any atom is 0.295 e. The molecular weight excluding hydrogens is 482 g/mol. The molecule has 1 aromatic heterocycles. The van der Waals surface area contributed by atoms with Crippen LogP contribution in [0.3, 0.4) is 0 Å². The van der Waals surface area contributed by atoms with Crippen LogP contribution in [0.4, 0.5) is 5.69 Å². The van der Waals surface area contributed by atoms with Gasteiger partial charge in [0.2, 0.25) is 0 Å². The van der Waals surface area contributed by atoms with Crippen LogP contribution in [0.15, 0.2) is 66.5 Å². The van der Waals surface area contributed by atoms with Crippen molar-refractivity contribution >= 4 is 34.7 Å². The number of rotatable bonds is 7. The number of methoxy groups -OCH3 is 2. The molecule has 1 aliphatic rings. The molecule has 3 aromatic rings. The van der Waals surface area contributed by atoms with Crippen LogP contribution >= 0.6 is 11.6 Å². The van der Waals surface area contributed by atoms with E-state index < -0.39 is 17.7 Å². The van der Waals surface area contributed by atoms with Gasteiger partial charge in [-0.25, -0.2) is 0 Å². The molecule has 8 nitrogen and oxygen atoms in total. The first-order valence-electron chi connectivity index (χ1n) is 11.1. The first-order chi connectivity index (χ1) is 17.3. The number of likely N-dealkylation sites (tertiary alicyclic amines) is 1. The number of pyridine rings is 1. The molecule has 0 aliphatic carbocycles. The Morgan fingerprint density at radius 1 is 1.08 bits per heavy atom. The lowest BCUT2D eigenvalue weighted by molar-refractivity contribution is -0.140. The number of aliphatic hydroxyl groups is 1. The van der Waals surface area contributed by atoms with Crippen molar-refractivity contribution in [2.24, 2.45) is 0 Å². The fourth-order valence-corrected chi connectivity index (χ4v) is 4.45. The maximum absolute atomic E-state index is 13.4. The lowest BCUT2D eigenvalue weighted by atomic mass is 9.94. The molecule has 1 saturated heterocycles. The predicted molar refractivity (Wildman–Crippen MR) is 137 cm³/mol. The minimum atomic E-state index is -0.840. The number of anilines is 1. The fourth-order valence-electron chi connectivity index (χ4n) is 4.22. The molecule has 186 valence electrons. The molecule has 0 saturated carbocycles. The average molecular weight is 508 g/mol. The molecule has 9 heteroatoms. The van der Waals surface area contributed by atoms with Crippen LogP contribution < -0.4 is 14.4 Å². The van der Waals surface area contributed by atoms with Crippen LogP contribution in [-0.2, 0) is 16.1 Å². The quantitative estimate of drug-likeness (QED) is 0.287. The van der Waals surface area contributed by atoms with Crippen LogP contribution in [0.2, 0.25) is 5.02 Å². The van der Waals surface area contributed by atoms with Gasteiger partial charge in [-0.05, 0) is 35.4 Å². The molecule has 1 atom stereocenters. The van der Waals surface area contributed by atoms with Gasteiger partial charge in [-0.3, -0.25) is 14.6 Å². The van der Waals surface area contributed by atoms with Gasteiger partial charge in [0.05, 0.1) is 36.4 Å². The van der Waals surface area contributed by atoms with Crippen molar-refractivity contribution in [3.63, 3.8) is 0 Å². The minimum Gasteiger partial charge on any atom is -0.507 e. The highest BCUT2D eigenvalue weighted by Gasteiger charge is 2.46. The normalized spacial score (nSPS) is 16.8. The Kier molecular flexibility index (Phi) is 7.17. The van der Waals surface area contributed by atoms with Crippen LogP contribution in [0, 0.1) is 0 Å². The summed E-state index contributed by atoms with van der Waals surface area (Å²) in [6, 6.07) is 13.2. The molecule has 1 aliphatic heterocycles. The zero-order valence-electron chi connectivity index (χ0n) is 20.4. The SMILES string of the molecule is COc1cc(/C(O)=C2\C(=O)C(=O)N(Cc3cccnc3)C2c2ccc(N(C)C)cc2)c(OC)cc1Cl. The lowest BCUT2D eigenvalue weighted by Crippen LogP contribution is -2.29. The second-order valence-corrected chi connectivity index (χ2v) is 8.87. The minimum absolute atomic E-state index is 0.0517. The molecule has 0 radical (unpaired) electrons. The van der Waals surface area contributed by atoms with E-state index in [4.69, 9.17) is 21.1 Å². The number of hydrogen-bond donors (Lipinski definition) is 1. The number of benzene rings is 2. The highest BCUT2D eigenvalue weighted by molar-refractivity contribution is 6.46. The fraction of sp³-hybridized carbons (Fsp3) is 0.222. The predicted octanol–water partition coefficient (Wildman–Crippen LogP) is 4.44. The maximum atomic E-state index is 13.4. The Labute approximate surface area is 214 Å². The molecule has 1 unspecified atom stereocenters. The number of carbonyl (C=O) groups excluding carboxylic acids is 2. The highest BCUT2D eigenvalue weighted by Crippen LogP contribution is 2.43. The Bertz CT molecular complexity index is 1320. The summed E-state index contributed by atoms with van der Waals surface area (Å²) in [5.41, 5.74) is 2.51. The van der Waals surface area contributed by atoms with Crippen LogP contribution in [-0.4, -0.2) is 55.0 Å². The van der Waals surface area contributed by atoms with Gasteiger partial charge in [0, 0.05) is 44.8 Å². The van der Waals surface area contributed by atoms with E-state index in [9.17, 15) is 14.7 Å². The molecule has 36 heavy (non-hydrogen) atoms. The summed E-state index contributed by atoms with van der Waals surface area (Å²) >= 11 is 6.23. The standard InChI is InChI=1S/C27H26ClN3O5/c1-30(2)18-9-7-17(8-10-18)24-23(25(32)19-12-22(36-4)20(28)13-21(19)35-3)26(33)27(34)31(24)15-16-6-5-11-29-14-16/h5-14,24,32H,15H2,1-4H3/b25-23+.